The molecule has 42 heavy (non-hydrogen) atoms. The topological polar surface area (TPSA) is 69.7 Å². The standard InChI is InChI=1S/C34H33Cl2N3O3/c1-2-19-37-33(41)30(21-23-10-4-3-5-11-23)39(22-26-27(35)15-8-16-28(26)36)31(40)18-9-20-38-29-17-7-13-24-12-6-14-25(32(24)29)34(38)42/h3-8,10-17,30H,2,9,18-22H2,1H3,(H,37,41)/t30-/m1/s1. The number of nitrogens with one attached hydrogen (secondary N) is 1. The maximum absolute atomic E-state index is 14.0. The van der Waals surface area contributed by atoms with Gasteiger partial charge in [0.2, 0.25) is 11.8 Å². The van der Waals surface area contributed by atoms with Crippen molar-refractivity contribution in [2.45, 2.75) is 45.2 Å². The Labute approximate surface area is 256 Å². The first-order valence-corrected chi connectivity index (χ1v) is 15.0. The van der Waals surface area contributed by atoms with Crippen LogP contribution in [-0.4, -0.2) is 41.8 Å². The zero-order chi connectivity index (χ0) is 29.6. The van der Waals surface area contributed by atoms with E-state index in [1.807, 2.05) is 73.7 Å². The minimum absolute atomic E-state index is 0.0603. The van der Waals surface area contributed by atoms with E-state index in [-0.39, 0.29) is 30.7 Å². The third kappa shape index (κ3) is 6.30. The highest BCUT2D eigenvalue weighted by atomic mass is 35.5. The lowest BCUT2D eigenvalue weighted by atomic mass is 10.0. The highest BCUT2D eigenvalue weighted by Gasteiger charge is 2.32. The molecule has 0 bridgehead atoms. The van der Waals surface area contributed by atoms with Crippen LogP contribution in [0.2, 0.25) is 10.0 Å². The summed E-state index contributed by atoms with van der Waals surface area (Å²) in [6.07, 6.45) is 1.68. The average Bonchev–Trinajstić information content (AvgIpc) is 3.27. The molecule has 0 saturated carbocycles. The second-order valence-electron chi connectivity index (χ2n) is 10.5. The molecule has 6 nitrogen and oxygen atoms in total. The molecule has 1 aliphatic heterocycles. The molecule has 0 aromatic heterocycles. The molecule has 3 amide bonds. The van der Waals surface area contributed by atoms with Crippen LogP contribution in [0.15, 0.2) is 84.9 Å². The van der Waals surface area contributed by atoms with Gasteiger partial charge in [-0.3, -0.25) is 14.4 Å². The minimum atomic E-state index is -0.773. The van der Waals surface area contributed by atoms with Gasteiger partial charge in [0.05, 0.1) is 5.69 Å². The highest BCUT2D eigenvalue weighted by molar-refractivity contribution is 6.36. The predicted molar refractivity (Wildman–Crippen MR) is 169 cm³/mol. The van der Waals surface area contributed by atoms with Crippen LogP contribution in [0.25, 0.3) is 10.8 Å². The number of carbonyl (C=O) groups excluding carboxylic acids is 3. The molecule has 1 aliphatic rings. The van der Waals surface area contributed by atoms with Gasteiger partial charge in [0.15, 0.2) is 0 Å². The Kier molecular flexibility index (Phi) is 9.45. The van der Waals surface area contributed by atoms with Crippen molar-refractivity contribution in [3.05, 3.63) is 112 Å². The van der Waals surface area contributed by atoms with Gasteiger partial charge in [-0.05, 0) is 48.1 Å². The van der Waals surface area contributed by atoms with Crippen LogP contribution in [-0.2, 0) is 22.6 Å². The van der Waals surface area contributed by atoms with Crippen molar-refractivity contribution in [3.8, 4) is 0 Å². The van der Waals surface area contributed by atoms with Crippen LogP contribution >= 0.6 is 23.2 Å². The van der Waals surface area contributed by atoms with Crippen molar-refractivity contribution in [1.29, 1.82) is 0 Å². The van der Waals surface area contributed by atoms with Crippen LogP contribution in [0, 0.1) is 0 Å². The molecule has 4 aromatic carbocycles. The molecular formula is C34H33Cl2N3O3. The lowest BCUT2D eigenvalue weighted by Crippen LogP contribution is -2.50. The van der Waals surface area contributed by atoms with E-state index in [9.17, 15) is 14.4 Å². The van der Waals surface area contributed by atoms with Gasteiger partial charge < -0.3 is 15.1 Å². The Hall–Kier alpha value is -3.87. The van der Waals surface area contributed by atoms with Gasteiger partial charge in [-0.2, -0.15) is 0 Å². The second-order valence-corrected chi connectivity index (χ2v) is 11.3. The smallest absolute Gasteiger partial charge is 0.258 e. The van der Waals surface area contributed by atoms with Crippen molar-refractivity contribution in [3.63, 3.8) is 0 Å². The summed E-state index contributed by atoms with van der Waals surface area (Å²) in [6.45, 7) is 2.95. The molecule has 1 N–H and O–H groups in total. The predicted octanol–water partition coefficient (Wildman–Crippen LogP) is 7.05. The molecule has 0 radical (unpaired) electrons. The van der Waals surface area contributed by atoms with Gasteiger partial charge in [0, 0.05) is 59.0 Å². The average molecular weight is 603 g/mol. The molecule has 4 aromatic rings. The molecule has 1 atom stereocenters. The number of anilines is 1. The number of rotatable bonds is 12. The number of amides is 3. The fourth-order valence-corrected chi connectivity index (χ4v) is 6.02. The number of hydrogen-bond acceptors (Lipinski definition) is 3. The number of carbonyl (C=O) groups is 3. The normalized spacial score (nSPS) is 12.9. The first-order chi connectivity index (χ1) is 20.4. The van der Waals surface area contributed by atoms with Crippen molar-refractivity contribution < 1.29 is 14.4 Å². The van der Waals surface area contributed by atoms with E-state index in [1.54, 1.807) is 28.0 Å². The largest absolute Gasteiger partial charge is 0.354 e. The Morgan fingerprint density at radius 1 is 0.905 bits per heavy atom. The molecule has 0 saturated heterocycles. The number of hydrogen-bond donors (Lipinski definition) is 1. The third-order valence-corrected chi connectivity index (χ3v) is 8.34. The zero-order valence-electron chi connectivity index (χ0n) is 23.5. The quantitative estimate of drug-likeness (QED) is 0.189. The van der Waals surface area contributed by atoms with Crippen LogP contribution in [0.1, 0.15) is 47.7 Å². The minimum Gasteiger partial charge on any atom is -0.354 e. The second kappa shape index (κ2) is 13.4. The first-order valence-electron chi connectivity index (χ1n) is 14.3. The summed E-state index contributed by atoms with van der Waals surface area (Å²) in [5.74, 6) is -0.495. The van der Waals surface area contributed by atoms with Gasteiger partial charge in [-0.15, -0.1) is 0 Å². The van der Waals surface area contributed by atoms with E-state index >= 15 is 0 Å². The molecule has 5 rings (SSSR count). The van der Waals surface area contributed by atoms with Gasteiger partial charge in [-0.25, -0.2) is 0 Å². The van der Waals surface area contributed by atoms with Crippen LogP contribution < -0.4 is 10.2 Å². The number of halogens is 2. The lowest BCUT2D eigenvalue weighted by Gasteiger charge is -2.32. The Morgan fingerprint density at radius 2 is 1.60 bits per heavy atom. The Bertz CT molecular complexity index is 1580. The van der Waals surface area contributed by atoms with E-state index in [0.29, 0.717) is 47.1 Å². The molecule has 0 spiro atoms. The van der Waals surface area contributed by atoms with E-state index in [0.717, 1.165) is 28.4 Å². The Morgan fingerprint density at radius 3 is 2.31 bits per heavy atom. The summed E-state index contributed by atoms with van der Waals surface area (Å²) in [4.78, 5) is 44.1. The Balaban J connectivity index is 1.39. The summed E-state index contributed by atoms with van der Waals surface area (Å²) in [6, 6.07) is 25.7. The van der Waals surface area contributed by atoms with Crippen LogP contribution in [0.4, 0.5) is 5.69 Å². The summed E-state index contributed by atoms with van der Waals surface area (Å²) in [5, 5.41) is 5.80. The monoisotopic (exact) mass is 601 g/mol. The van der Waals surface area contributed by atoms with Gasteiger partial charge >= 0.3 is 0 Å². The lowest BCUT2D eigenvalue weighted by molar-refractivity contribution is -0.141. The molecule has 216 valence electrons. The van der Waals surface area contributed by atoms with E-state index < -0.39 is 6.04 Å². The van der Waals surface area contributed by atoms with Gasteiger partial charge in [-0.1, -0.05) is 90.8 Å². The first kappa shape index (κ1) is 29.6. The van der Waals surface area contributed by atoms with Crippen molar-refractivity contribution in [1.82, 2.24) is 10.2 Å². The fraction of sp³-hybridized carbons (Fsp3) is 0.265. The number of benzene rings is 4. The van der Waals surface area contributed by atoms with E-state index in [2.05, 4.69) is 5.32 Å². The molecule has 0 fully saturated rings. The molecule has 8 heteroatoms. The summed E-state index contributed by atoms with van der Waals surface area (Å²) in [5.41, 5.74) is 3.07. The summed E-state index contributed by atoms with van der Waals surface area (Å²) >= 11 is 13.1. The maximum Gasteiger partial charge on any atom is 0.258 e. The van der Waals surface area contributed by atoms with Crippen molar-refractivity contribution in [2.24, 2.45) is 0 Å². The summed E-state index contributed by atoms with van der Waals surface area (Å²) in [7, 11) is 0. The molecular weight excluding hydrogens is 569 g/mol. The zero-order valence-corrected chi connectivity index (χ0v) is 25.0. The third-order valence-electron chi connectivity index (χ3n) is 7.63. The number of nitrogens with zero attached hydrogens (tertiary/aromatic N) is 2. The fourth-order valence-electron chi connectivity index (χ4n) is 5.51. The molecule has 0 unspecified atom stereocenters. The van der Waals surface area contributed by atoms with Crippen molar-refractivity contribution >= 4 is 57.4 Å². The van der Waals surface area contributed by atoms with Crippen LogP contribution in [0.3, 0.4) is 0 Å². The van der Waals surface area contributed by atoms with E-state index in [1.165, 1.54) is 0 Å². The molecule has 1 heterocycles. The summed E-state index contributed by atoms with van der Waals surface area (Å²) < 4.78 is 0. The van der Waals surface area contributed by atoms with Crippen LogP contribution in [0.5, 0.6) is 0 Å². The SMILES string of the molecule is CCCNC(=O)[C@@H](Cc1ccccc1)N(Cc1c(Cl)cccc1Cl)C(=O)CCCN1C(=O)c2cccc3cccc1c23. The molecule has 0 aliphatic carbocycles. The highest BCUT2D eigenvalue weighted by Crippen LogP contribution is 2.37. The van der Waals surface area contributed by atoms with Gasteiger partial charge in [0.1, 0.15) is 6.04 Å². The van der Waals surface area contributed by atoms with Crippen molar-refractivity contribution in [2.75, 3.05) is 18.0 Å². The van der Waals surface area contributed by atoms with Gasteiger partial charge in [0.25, 0.3) is 5.91 Å². The maximum atomic E-state index is 14.0. The van der Waals surface area contributed by atoms with E-state index in [4.69, 9.17) is 23.2 Å².